The Morgan fingerprint density at radius 3 is 2.09 bits per heavy atom. The van der Waals surface area contributed by atoms with Gasteiger partial charge in [-0.15, -0.1) is 0 Å². The number of pyridine rings is 1. The second-order valence-electron chi connectivity index (χ2n) is 8.22. The molecule has 0 radical (unpaired) electrons. The summed E-state index contributed by atoms with van der Waals surface area (Å²) < 4.78 is 0. The Hall–Kier alpha value is -3.38. The number of nitrogens with zero attached hydrogens (tertiary/aromatic N) is 2. The van der Waals surface area contributed by atoms with Crippen LogP contribution in [0.2, 0.25) is 0 Å². The van der Waals surface area contributed by atoms with Gasteiger partial charge in [-0.2, -0.15) is 0 Å². The molecule has 1 unspecified atom stereocenters. The van der Waals surface area contributed by atoms with Crippen molar-refractivity contribution in [2.75, 3.05) is 5.32 Å². The molecule has 5 nitrogen and oxygen atoms in total. The Balaban J connectivity index is 1.63. The highest BCUT2D eigenvalue weighted by Gasteiger charge is 2.22. The Morgan fingerprint density at radius 2 is 1.52 bits per heavy atom. The van der Waals surface area contributed by atoms with Crippen LogP contribution in [0.3, 0.4) is 0 Å². The molecule has 2 aromatic carbocycles. The molecule has 0 saturated carbocycles. The first kappa shape index (κ1) is 22.8. The fourth-order valence-corrected chi connectivity index (χ4v) is 4.37. The summed E-state index contributed by atoms with van der Waals surface area (Å²) in [6.07, 6.45) is 2.42. The maximum absolute atomic E-state index is 12.9. The van der Waals surface area contributed by atoms with Crippen LogP contribution in [0.5, 0.6) is 0 Å². The Labute approximate surface area is 199 Å². The van der Waals surface area contributed by atoms with Crippen molar-refractivity contribution in [3.05, 3.63) is 83.6 Å². The molecule has 1 atom stereocenters. The van der Waals surface area contributed by atoms with Crippen LogP contribution in [0.25, 0.3) is 22.5 Å². The molecule has 0 aliphatic rings. The van der Waals surface area contributed by atoms with Crippen LogP contribution in [-0.4, -0.2) is 26.1 Å². The zero-order valence-electron chi connectivity index (χ0n) is 19.3. The topological polar surface area (TPSA) is 70.7 Å². The SMILES string of the molecule is CCC(Sc1nc(-c2ccc(C)cc2)c(-c2ccc(C)cc2)[nH]1)C(=O)Nc1ccc(C)cn1. The number of carbonyl (C=O) groups excluding carboxylic acids is 1. The van der Waals surface area contributed by atoms with Crippen molar-refractivity contribution in [3.63, 3.8) is 0 Å². The number of rotatable bonds is 7. The first-order valence-electron chi connectivity index (χ1n) is 11.1. The van der Waals surface area contributed by atoms with Crippen molar-refractivity contribution in [2.24, 2.45) is 0 Å². The van der Waals surface area contributed by atoms with Crippen LogP contribution in [0, 0.1) is 20.8 Å². The molecule has 0 fully saturated rings. The van der Waals surface area contributed by atoms with Crippen LogP contribution in [-0.2, 0) is 4.79 Å². The summed E-state index contributed by atoms with van der Waals surface area (Å²) in [5, 5.41) is 3.35. The van der Waals surface area contributed by atoms with Crippen LogP contribution < -0.4 is 5.32 Å². The number of benzene rings is 2. The summed E-state index contributed by atoms with van der Waals surface area (Å²) in [6, 6.07) is 20.5. The minimum Gasteiger partial charge on any atom is -0.332 e. The van der Waals surface area contributed by atoms with E-state index in [0.717, 1.165) is 33.2 Å². The van der Waals surface area contributed by atoms with Crippen LogP contribution >= 0.6 is 11.8 Å². The maximum Gasteiger partial charge on any atom is 0.239 e. The largest absolute Gasteiger partial charge is 0.332 e. The van der Waals surface area contributed by atoms with E-state index < -0.39 is 0 Å². The lowest BCUT2D eigenvalue weighted by molar-refractivity contribution is -0.115. The molecule has 4 rings (SSSR count). The number of imidazole rings is 1. The molecular formula is C27H28N4OS. The van der Waals surface area contributed by atoms with Gasteiger partial charge < -0.3 is 10.3 Å². The molecular weight excluding hydrogens is 428 g/mol. The molecule has 4 aromatic rings. The quantitative estimate of drug-likeness (QED) is 0.308. The van der Waals surface area contributed by atoms with Gasteiger partial charge in [0.05, 0.1) is 16.6 Å². The highest BCUT2D eigenvalue weighted by Crippen LogP contribution is 2.35. The number of nitrogens with one attached hydrogen (secondary N) is 2. The van der Waals surface area contributed by atoms with Crippen molar-refractivity contribution in [2.45, 2.75) is 44.5 Å². The number of thioether (sulfide) groups is 1. The van der Waals surface area contributed by atoms with Crippen molar-refractivity contribution in [1.82, 2.24) is 15.0 Å². The minimum atomic E-state index is -0.295. The standard InChI is InChI=1S/C27H28N4OS/c1-5-22(26(32)29-23-15-10-19(4)16-28-23)33-27-30-24(20-11-6-17(2)7-12-20)25(31-27)21-13-8-18(3)9-14-21/h6-16,22H,5H2,1-4H3,(H,30,31)(H,28,29,32). The highest BCUT2D eigenvalue weighted by atomic mass is 32.2. The van der Waals surface area contributed by atoms with E-state index in [2.05, 4.69) is 77.7 Å². The van der Waals surface area contributed by atoms with Gasteiger partial charge in [0, 0.05) is 17.3 Å². The van der Waals surface area contributed by atoms with Gasteiger partial charge in [0.15, 0.2) is 5.16 Å². The lowest BCUT2D eigenvalue weighted by Gasteiger charge is -2.13. The molecule has 2 aromatic heterocycles. The first-order chi connectivity index (χ1) is 15.9. The summed E-state index contributed by atoms with van der Waals surface area (Å²) in [7, 11) is 0. The number of aromatic nitrogens is 3. The molecule has 0 saturated heterocycles. The zero-order valence-corrected chi connectivity index (χ0v) is 20.2. The van der Waals surface area contributed by atoms with E-state index in [1.807, 2.05) is 26.0 Å². The van der Waals surface area contributed by atoms with Crippen LogP contribution in [0.1, 0.15) is 30.0 Å². The van der Waals surface area contributed by atoms with Crippen molar-refractivity contribution in [1.29, 1.82) is 0 Å². The predicted octanol–water partition coefficient (Wildman–Crippen LogP) is 6.57. The van der Waals surface area contributed by atoms with E-state index in [4.69, 9.17) is 4.98 Å². The Kier molecular flexibility index (Phi) is 6.94. The molecule has 0 bridgehead atoms. The number of aromatic amines is 1. The molecule has 2 heterocycles. The maximum atomic E-state index is 12.9. The number of hydrogen-bond acceptors (Lipinski definition) is 4. The lowest BCUT2D eigenvalue weighted by atomic mass is 10.0. The van der Waals surface area contributed by atoms with E-state index in [-0.39, 0.29) is 11.2 Å². The van der Waals surface area contributed by atoms with Gasteiger partial charge in [-0.1, -0.05) is 84.4 Å². The van der Waals surface area contributed by atoms with E-state index in [9.17, 15) is 4.79 Å². The third kappa shape index (κ3) is 5.52. The predicted molar refractivity (Wildman–Crippen MR) is 136 cm³/mol. The number of anilines is 1. The average molecular weight is 457 g/mol. The summed E-state index contributed by atoms with van der Waals surface area (Å²) in [5.41, 5.74) is 7.41. The average Bonchev–Trinajstić information content (AvgIpc) is 3.23. The van der Waals surface area contributed by atoms with Gasteiger partial charge in [-0.25, -0.2) is 9.97 Å². The second kappa shape index (κ2) is 10.0. The number of aryl methyl sites for hydroxylation is 3. The van der Waals surface area contributed by atoms with Crippen LogP contribution in [0.4, 0.5) is 5.82 Å². The minimum absolute atomic E-state index is 0.0796. The van der Waals surface area contributed by atoms with Gasteiger partial charge >= 0.3 is 0 Å². The third-order valence-corrected chi connectivity index (χ3v) is 6.68. The second-order valence-corrected chi connectivity index (χ2v) is 9.41. The van der Waals surface area contributed by atoms with E-state index in [1.165, 1.54) is 22.9 Å². The van der Waals surface area contributed by atoms with Crippen molar-refractivity contribution < 1.29 is 4.79 Å². The van der Waals surface area contributed by atoms with Crippen molar-refractivity contribution >= 4 is 23.5 Å². The molecule has 168 valence electrons. The summed E-state index contributed by atoms with van der Waals surface area (Å²) in [6.45, 7) is 8.12. The zero-order chi connectivity index (χ0) is 23.4. The lowest BCUT2D eigenvalue weighted by Crippen LogP contribution is -2.25. The fourth-order valence-electron chi connectivity index (χ4n) is 3.46. The summed E-state index contributed by atoms with van der Waals surface area (Å²) in [5.74, 6) is 0.480. The fraction of sp³-hybridized carbons (Fsp3) is 0.222. The Morgan fingerprint density at radius 1 is 0.909 bits per heavy atom. The molecule has 0 aliphatic carbocycles. The highest BCUT2D eigenvalue weighted by molar-refractivity contribution is 8.00. The number of carbonyl (C=O) groups is 1. The number of H-pyrrole nitrogens is 1. The summed E-state index contributed by atoms with van der Waals surface area (Å²) in [4.78, 5) is 25.6. The van der Waals surface area contributed by atoms with Gasteiger partial charge in [-0.05, 0) is 38.8 Å². The third-order valence-electron chi connectivity index (χ3n) is 5.43. The number of hydrogen-bond donors (Lipinski definition) is 2. The first-order valence-corrected chi connectivity index (χ1v) is 11.9. The Bertz CT molecular complexity index is 1170. The normalized spacial score (nSPS) is 11.9. The molecule has 2 N–H and O–H groups in total. The van der Waals surface area contributed by atoms with Gasteiger partial charge in [0.1, 0.15) is 5.82 Å². The smallest absolute Gasteiger partial charge is 0.239 e. The van der Waals surface area contributed by atoms with E-state index in [0.29, 0.717) is 12.2 Å². The van der Waals surface area contributed by atoms with Gasteiger partial charge in [0.2, 0.25) is 5.91 Å². The molecule has 0 aliphatic heterocycles. The molecule has 6 heteroatoms. The molecule has 0 spiro atoms. The molecule has 1 amide bonds. The van der Waals surface area contributed by atoms with Crippen LogP contribution in [0.15, 0.2) is 72.0 Å². The van der Waals surface area contributed by atoms with Gasteiger partial charge in [-0.3, -0.25) is 4.79 Å². The summed E-state index contributed by atoms with van der Waals surface area (Å²) >= 11 is 1.44. The monoisotopic (exact) mass is 456 g/mol. The van der Waals surface area contributed by atoms with E-state index in [1.54, 1.807) is 6.20 Å². The molecule has 33 heavy (non-hydrogen) atoms. The van der Waals surface area contributed by atoms with Crippen molar-refractivity contribution in [3.8, 4) is 22.5 Å². The van der Waals surface area contributed by atoms with E-state index >= 15 is 0 Å². The number of amides is 1. The van der Waals surface area contributed by atoms with Gasteiger partial charge in [0.25, 0.3) is 0 Å².